The molecule has 0 unspecified atom stereocenters. The molecule has 4 aliphatic heterocycles. The van der Waals surface area contributed by atoms with Crippen molar-refractivity contribution in [2.75, 3.05) is 39.6 Å². The number of hydrogen-bond acceptors (Lipinski definition) is 6. The number of hydrogen-bond donors (Lipinski definition) is 0. The summed E-state index contributed by atoms with van der Waals surface area (Å²) >= 11 is 0. The molecule has 4 heterocycles. The minimum absolute atomic E-state index is 0.515. The Hall–Kier alpha value is -1.72. The van der Waals surface area contributed by atoms with E-state index in [9.17, 15) is 0 Å². The molecule has 134 valence electrons. The Morgan fingerprint density at radius 3 is 1.62 bits per heavy atom. The van der Waals surface area contributed by atoms with Crippen LogP contribution >= 0.6 is 0 Å². The molecule has 2 saturated heterocycles. The van der Waals surface area contributed by atoms with Crippen LogP contribution in [0, 0.1) is 11.8 Å². The van der Waals surface area contributed by atoms with Gasteiger partial charge in [0.15, 0.2) is 0 Å². The van der Waals surface area contributed by atoms with Crippen molar-refractivity contribution in [2.24, 2.45) is 11.8 Å². The van der Waals surface area contributed by atoms with Crippen molar-refractivity contribution in [2.45, 2.75) is 39.8 Å². The molecule has 6 nitrogen and oxygen atoms in total. The van der Waals surface area contributed by atoms with E-state index in [1.165, 1.54) is 0 Å². The Morgan fingerprint density at radius 2 is 1.25 bits per heavy atom. The van der Waals surface area contributed by atoms with Gasteiger partial charge in [-0.15, -0.1) is 0 Å². The van der Waals surface area contributed by atoms with Crippen molar-refractivity contribution >= 4 is 0 Å². The Bertz CT molecular complexity index is 497. The van der Waals surface area contributed by atoms with Crippen molar-refractivity contribution in [1.82, 2.24) is 19.6 Å². The number of fused-ring (bicyclic) bond motifs is 2. The molecule has 6 heteroatoms. The molecule has 0 aromatic carbocycles. The van der Waals surface area contributed by atoms with Crippen molar-refractivity contribution in [3.8, 4) is 0 Å². The third-order valence-electron chi connectivity index (χ3n) is 5.64. The second-order valence-corrected chi connectivity index (χ2v) is 8.03. The average molecular weight is 334 g/mol. The van der Waals surface area contributed by atoms with Crippen LogP contribution in [0.5, 0.6) is 0 Å². The van der Waals surface area contributed by atoms with Crippen LogP contribution in [0.3, 0.4) is 0 Å². The monoisotopic (exact) mass is 334 g/mol. The Morgan fingerprint density at radius 1 is 0.833 bits per heavy atom. The quantitative estimate of drug-likeness (QED) is 0.763. The number of ether oxygens (including phenoxy) is 2. The van der Waals surface area contributed by atoms with Crippen molar-refractivity contribution in [3.63, 3.8) is 0 Å². The largest absolute Gasteiger partial charge is 0.476 e. The van der Waals surface area contributed by atoms with Gasteiger partial charge in [-0.1, -0.05) is 27.7 Å². The molecule has 4 aliphatic rings. The summed E-state index contributed by atoms with van der Waals surface area (Å²) in [4.78, 5) is 9.55. The zero-order valence-electron chi connectivity index (χ0n) is 15.3. The normalized spacial score (nSPS) is 28.4. The maximum Gasteiger partial charge on any atom is 0.207 e. The molecule has 0 amide bonds. The molecular weight excluding hydrogens is 304 g/mol. The van der Waals surface area contributed by atoms with Crippen molar-refractivity contribution in [1.29, 1.82) is 0 Å². The van der Waals surface area contributed by atoms with Gasteiger partial charge < -0.3 is 29.1 Å². The van der Waals surface area contributed by atoms with Crippen molar-refractivity contribution < 1.29 is 9.47 Å². The summed E-state index contributed by atoms with van der Waals surface area (Å²) in [5.74, 6) is 3.35. The van der Waals surface area contributed by atoms with Gasteiger partial charge >= 0.3 is 0 Å². The fraction of sp³-hybridized carbons (Fsp3) is 0.778. The van der Waals surface area contributed by atoms with Crippen LogP contribution in [0.1, 0.15) is 27.7 Å². The second kappa shape index (κ2) is 5.97. The molecule has 0 saturated carbocycles. The lowest BCUT2D eigenvalue weighted by Crippen LogP contribution is -2.40. The van der Waals surface area contributed by atoms with Gasteiger partial charge in [-0.3, -0.25) is 0 Å². The topological polar surface area (TPSA) is 31.4 Å². The second-order valence-electron chi connectivity index (χ2n) is 8.03. The van der Waals surface area contributed by atoms with E-state index in [1.54, 1.807) is 0 Å². The van der Waals surface area contributed by atoms with Crippen LogP contribution in [0.4, 0.5) is 0 Å². The average Bonchev–Trinajstić information content (AvgIpc) is 3.23. The Labute approximate surface area is 145 Å². The number of rotatable bonds is 5. The first kappa shape index (κ1) is 15.8. The van der Waals surface area contributed by atoms with E-state index in [1.807, 2.05) is 0 Å². The van der Waals surface area contributed by atoms with E-state index in [0.29, 0.717) is 23.9 Å². The lowest BCUT2D eigenvalue weighted by molar-refractivity contribution is 0.165. The first-order chi connectivity index (χ1) is 11.5. The fourth-order valence-corrected chi connectivity index (χ4v) is 4.00. The lowest BCUT2D eigenvalue weighted by Gasteiger charge is -2.29. The Kier molecular flexibility index (Phi) is 3.93. The molecule has 2 atom stereocenters. The molecule has 0 radical (unpaired) electrons. The molecule has 24 heavy (non-hydrogen) atoms. The van der Waals surface area contributed by atoms with Crippen LogP contribution in [-0.2, 0) is 9.47 Å². The maximum atomic E-state index is 5.85. The van der Waals surface area contributed by atoms with Gasteiger partial charge in [-0.2, -0.15) is 0 Å². The van der Waals surface area contributed by atoms with Crippen molar-refractivity contribution in [3.05, 3.63) is 24.2 Å². The fourth-order valence-electron chi connectivity index (χ4n) is 4.00. The SMILES string of the molecule is CC(C)[C@H]1COC2=CN(CCN3C=C4OC[C@H](C(C)C)N4C3)CN21. The third-order valence-corrected chi connectivity index (χ3v) is 5.64. The van der Waals surface area contributed by atoms with E-state index in [0.717, 1.165) is 51.4 Å². The highest BCUT2D eigenvalue weighted by Gasteiger charge is 2.38. The molecule has 0 aromatic rings. The summed E-state index contributed by atoms with van der Waals surface area (Å²) in [5.41, 5.74) is 0. The molecule has 0 aromatic heterocycles. The zero-order valence-corrected chi connectivity index (χ0v) is 15.3. The minimum atomic E-state index is 0.515. The summed E-state index contributed by atoms with van der Waals surface area (Å²) in [5, 5.41) is 0. The van der Waals surface area contributed by atoms with Gasteiger partial charge in [-0.25, -0.2) is 0 Å². The van der Waals surface area contributed by atoms with Crippen LogP contribution < -0.4 is 0 Å². The Balaban J connectivity index is 1.29. The van der Waals surface area contributed by atoms with Crippen LogP contribution in [0.25, 0.3) is 0 Å². The maximum absolute atomic E-state index is 5.85. The third kappa shape index (κ3) is 2.66. The van der Waals surface area contributed by atoms with E-state index in [2.05, 4.69) is 59.7 Å². The minimum Gasteiger partial charge on any atom is -0.476 e. The van der Waals surface area contributed by atoms with E-state index in [-0.39, 0.29) is 0 Å². The molecule has 4 rings (SSSR count). The smallest absolute Gasteiger partial charge is 0.207 e. The highest BCUT2D eigenvalue weighted by Crippen LogP contribution is 2.32. The summed E-state index contributed by atoms with van der Waals surface area (Å²) < 4.78 is 11.7. The van der Waals surface area contributed by atoms with Gasteiger partial charge in [-0.05, 0) is 11.8 Å². The lowest BCUT2D eigenvalue weighted by atomic mass is 10.1. The van der Waals surface area contributed by atoms with Gasteiger partial charge in [0.05, 0.1) is 37.8 Å². The summed E-state index contributed by atoms with van der Waals surface area (Å²) in [6.45, 7) is 14.7. The first-order valence-corrected chi connectivity index (χ1v) is 9.23. The van der Waals surface area contributed by atoms with Gasteiger partial charge in [0.25, 0.3) is 0 Å². The summed E-state index contributed by atoms with van der Waals surface area (Å²) in [6.07, 6.45) is 4.36. The van der Waals surface area contributed by atoms with Crippen LogP contribution in [-0.4, -0.2) is 71.3 Å². The highest BCUT2D eigenvalue weighted by molar-refractivity contribution is 5.09. The van der Waals surface area contributed by atoms with Gasteiger partial charge in [0.2, 0.25) is 11.8 Å². The summed E-state index contributed by atoms with van der Waals surface area (Å²) in [7, 11) is 0. The van der Waals surface area contributed by atoms with Gasteiger partial charge in [0.1, 0.15) is 13.2 Å². The molecule has 0 spiro atoms. The predicted molar refractivity (Wildman–Crippen MR) is 92.1 cm³/mol. The van der Waals surface area contributed by atoms with E-state index in [4.69, 9.17) is 9.47 Å². The molecule has 2 fully saturated rings. The molecule has 0 N–H and O–H groups in total. The molecule has 0 bridgehead atoms. The van der Waals surface area contributed by atoms with Gasteiger partial charge in [0, 0.05) is 13.1 Å². The van der Waals surface area contributed by atoms with E-state index >= 15 is 0 Å². The first-order valence-electron chi connectivity index (χ1n) is 9.23. The zero-order chi connectivity index (χ0) is 16.8. The van der Waals surface area contributed by atoms with E-state index < -0.39 is 0 Å². The highest BCUT2D eigenvalue weighted by atomic mass is 16.5. The molecule has 0 aliphatic carbocycles. The molecular formula is C18H30N4O2. The standard InChI is InChI=1S/C18H30N4O2/c1-13(2)15-9-23-17-7-19(11-21(15)17)5-6-20-8-18-22(12-20)16(10-24-18)14(3)4/h7-8,13-16H,5-6,9-12H2,1-4H3/t15-,16-/m1/s1. The number of nitrogens with zero attached hydrogens (tertiary/aromatic N) is 4. The van der Waals surface area contributed by atoms with Crippen LogP contribution in [0.15, 0.2) is 24.2 Å². The predicted octanol–water partition coefficient (Wildman–Crippen LogP) is 1.84. The van der Waals surface area contributed by atoms with Crippen LogP contribution in [0.2, 0.25) is 0 Å². The summed E-state index contributed by atoms with van der Waals surface area (Å²) in [6, 6.07) is 1.03.